The van der Waals surface area contributed by atoms with Crippen molar-refractivity contribution in [1.82, 2.24) is 0 Å². The van der Waals surface area contributed by atoms with Crippen molar-refractivity contribution in [1.29, 1.82) is 0 Å². The fourth-order valence-electron chi connectivity index (χ4n) is 2.42. The summed E-state index contributed by atoms with van der Waals surface area (Å²) in [5, 5.41) is 9.11. The minimum absolute atomic E-state index is 0.112. The highest BCUT2D eigenvalue weighted by Gasteiger charge is 2.20. The lowest BCUT2D eigenvalue weighted by Gasteiger charge is -2.27. The third-order valence-electron chi connectivity index (χ3n) is 3.36. The maximum atomic E-state index is 10.8. The van der Waals surface area contributed by atoms with Crippen LogP contribution in [-0.4, -0.2) is 17.2 Å². The first-order valence-corrected chi connectivity index (χ1v) is 6.63. The van der Waals surface area contributed by atoms with Crippen LogP contribution < -0.4 is 4.74 Å². The Morgan fingerprint density at radius 2 is 2.22 bits per heavy atom. The van der Waals surface area contributed by atoms with Crippen LogP contribution in [0.15, 0.2) is 18.2 Å². The largest absolute Gasteiger partial charge is 0.490 e. The van der Waals surface area contributed by atoms with Crippen LogP contribution in [-0.2, 0) is 0 Å². The molecule has 2 rings (SSSR count). The molecule has 1 fully saturated rings. The average molecular weight is 269 g/mol. The number of ether oxygens (including phenoxy) is 1. The van der Waals surface area contributed by atoms with Crippen molar-refractivity contribution in [2.75, 3.05) is 0 Å². The molecule has 1 aromatic rings. The fraction of sp³-hybridized carbons (Fsp3) is 0.500. The van der Waals surface area contributed by atoms with Gasteiger partial charge in [0.25, 0.3) is 0 Å². The summed E-state index contributed by atoms with van der Waals surface area (Å²) in [7, 11) is 0. The number of hydrogen-bond acceptors (Lipinski definition) is 2. The normalized spacial score (nSPS) is 23.7. The smallest absolute Gasteiger partial charge is 0.337 e. The highest BCUT2D eigenvalue weighted by atomic mass is 35.5. The Kier molecular flexibility index (Phi) is 4.12. The first-order chi connectivity index (χ1) is 8.56. The molecular formula is C14H17ClO3. The highest BCUT2D eigenvalue weighted by molar-refractivity contribution is 6.33. The van der Waals surface area contributed by atoms with Gasteiger partial charge < -0.3 is 9.84 Å². The van der Waals surface area contributed by atoms with Crippen LogP contribution in [0.1, 0.15) is 43.0 Å². The van der Waals surface area contributed by atoms with E-state index in [4.69, 9.17) is 21.4 Å². The van der Waals surface area contributed by atoms with Crippen LogP contribution in [0.5, 0.6) is 5.75 Å². The summed E-state index contributed by atoms with van der Waals surface area (Å²) >= 11 is 5.91. The van der Waals surface area contributed by atoms with E-state index in [-0.39, 0.29) is 16.7 Å². The van der Waals surface area contributed by atoms with Gasteiger partial charge in [-0.15, -0.1) is 0 Å². The zero-order valence-electron chi connectivity index (χ0n) is 10.4. The predicted molar refractivity (Wildman–Crippen MR) is 70.5 cm³/mol. The summed E-state index contributed by atoms with van der Waals surface area (Å²) in [5.41, 5.74) is 0.112. The first kappa shape index (κ1) is 13.2. The van der Waals surface area contributed by atoms with Crippen LogP contribution in [0.25, 0.3) is 0 Å². The van der Waals surface area contributed by atoms with Crippen molar-refractivity contribution >= 4 is 17.6 Å². The van der Waals surface area contributed by atoms with E-state index >= 15 is 0 Å². The van der Waals surface area contributed by atoms with E-state index in [1.165, 1.54) is 18.9 Å². The molecule has 1 aromatic carbocycles. The van der Waals surface area contributed by atoms with E-state index in [1.807, 2.05) is 0 Å². The zero-order chi connectivity index (χ0) is 13.1. The van der Waals surface area contributed by atoms with E-state index in [1.54, 1.807) is 12.1 Å². The summed E-state index contributed by atoms with van der Waals surface area (Å²) in [4.78, 5) is 10.8. The number of halogens is 1. The number of hydrogen-bond donors (Lipinski definition) is 1. The monoisotopic (exact) mass is 268 g/mol. The van der Waals surface area contributed by atoms with Crippen molar-refractivity contribution in [3.63, 3.8) is 0 Å². The van der Waals surface area contributed by atoms with Crippen molar-refractivity contribution in [3.8, 4) is 5.75 Å². The number of carbonyl (C=O) groups is 1. The maximum absolute atomic E-state index is 10.8. The Morgan fingerprint density at radius 1 is 1.44 bits per heavy atom. The van der Waals surface area contributed by atoms with Gasteiger partial charge in [0.1, 0.15) is 5.75 Å². The van der Waals surface area contributed by atoms with Crippen LogP contribution in [0, 0.1) is 5.92 Å². The summed E-state index contributed by atoms with van der Waals surface area (Å²) in [5.74, 6) is 0.333. The average Bonchev–Trinajstić information content (AvgIpc) is 2.28. The summed E-state index contributed by atoms with van der Waals surface area (Å²) in [6.07, 6.45) is 4.78. The van der Waals surface area contributed by atoms with Gasteiger partial charge in [-0.25, -0.2) is 4.79 Å². The van der Waals surface area contributed by atoms with E-state index in [0.29, 0.717) is 11.7 Å². The van der Waals surface area contributed by atoms with Gasteiger partial charge >= 0.3 is 5.97 Å². The van der Waals surface area contributed by atoms with E-state index in [0.717, 1.165) is 12.8 Å². The van der Waals surface area contributed by atoms with Gasteiger partial charge in [0.15, 0.2) is 0 Å². The second kappa shape index (κ2) is 5.61. The predicted octanol–water partition coefficient (Wildman–Crippen LogP) is 4.00. The molecule has 0 bridgehead atoms. The van der Waals surface area contributed by atoms with Gasteiger partial charge in [0.2, 0.25) is 0 Å². The molecule has 0 aromatic heterocycles. The fourth-order valence-corrected chi connectivity index (χ4v) is 2.67. The van der Waals surface area contributed by atoms with Crippen molar-refractivity contribution in [3.05, 3.63) is 28.8 Å². The third-order valence-corrected chi connectivity index (χ3v) is 3.67. The van der Waals surface area contributed by atoms with Crippen LogP contribution in [0.3, 0.4) is 0 Å². The Balaban J connectivity index is 2.05. The Hall–Kier alpha value is -1.22. The van der Waals surface area contributed by atoms with E-state index in [9.17, 15) is 4.79 Å². The third kappa shape index (κ3) is 3.16. The molecule has 18 heavy (non-hydrogen) atoms. The minimum atomic E-state index is -1.02. The molecule has 1 aliphatic carbocycles. The second-order valence-electron chi connectivity index (χ2n) is 4.96. The van der Waals surface area contributed by atoms with Gasteiger partial charge in [-0.05, 0) is 43.4 Å². The summed E-state index contributed by atoms with van der Waals surface area (Å²) in [6.45, 7) is 2.23. The zero-order valence-corrected chi connectivity index (χ0v) is 11.1. The molecule has 2 unspecified atom stereocenters. The number of carboxylic acids is 1. The summed E-state index contributed by atoms with van der Waals surface area (Å²) < 4.78 is 5.86. The molecule has 0 heterocycles. The maximum Gasteiger partial charge on any atom is 0.337 e. The number of benzene rings is 1. The molecule has 3 nitrogen and oxygen atoms in total. The Bertz CT molecular complexity index is 445. The topological polar surface area (TPSA) is 46.5 Å². The van der Waals surface area contributed by atoms with Gasteiger partial charge in [-0.2, -0.15) is 0 Å². The Morgan fingerprint density at radius 3 is 2.83 bits per heavy atom. The number of aromatic carboxylic acids is 1. The molecule has 0 saturated heterocycles. The van der Waals surface area contributed by atoms with Crippen LogP contribution in [0.2, 0.25) is 5.02 Å². The van der Waals surface area contributed by atoms with Crippen LogP contribution in [0.4, 0.5) is 0 Å². The van der Waals surface area contributed by atoms with Gasteiger partial charge in [0, 0.05) is 0 Å². The molecule has 0 radical (unpaired) electrons. The molecule has 0 amide bonds. The number of rotatable bonds is 3. The number of carboxylic acid groups (broad SMARTS) is 1. The lowest BCUT2D eigenvalue weighted by atomic mass is 9.89. The lowest BCUT2D eigenvalue weighted by molar-refractivity contribution is 0.0697. The molecule has 0 spiro atoms. The standard InChI is InChI=1S/C14H17ClO3/c1-9-3-2-4-10(7-9)18-11-5-6-12(14(16)17)13(15)8-11/h5-6,8-10H,2-4,7H2,1H3,(H,16,17). The molecule has 4 heteroatoms. The molecule has 2 atom stereocenters. The first-order valence-electron chi connectivity index (χ1n) is 6.25. The molecular weight excluding hydrogens is 252 g/mol. The molecule has 0 aliphatic heterocycles. The Labute approximate surface area is 112 Å². The van der Waals surface area contributed by atoms with Crippen LogP contribution >= 0.6 is 11.6 Å². The van der Waals surface area contributed by atoms with E-state index < -0.39 is 5.97 Å². The molecule has 1 saturated carbocycles. The van der Waals surface area contributed by atoms with Crippen molar-refractivity contribution in [2.24, 2.45) is 5.92 Å². The molecule has 1 N–H and O–H groups in total. The van der Waals surface area contributed by atoms with Gasteiger partial charge in [0.05, 0.1) is 16.7 Å². The van der Waals surface area contributed by atoms with Crippen molar-refractivity contribution in [2.45, 2.75) is 38.7 Å². The van der Waals surface area contributed by atoms with Gasteiger partial charge in [-0.1, -0.05) is 24.9 Å². The lowest BCUT2D eigenvalue weighted by Crippen LogP contribution is -2.24. The molecule has 1 aliphatic rings. The molecule has 98 valence electrons. The quantitative estimate of drug-likeness (QED) is 0.901. The highest BCUT2D eigenvalue weighted by Crippen LogP contribution is 2.29. The SMILES string of the molecule is CC1CCCC(Oc2ccc(C(=O)O)c(Cl)c2)C1. The van der Waals surface area contributed by atoms with E-state index in [2.05, 4.69) is 6.92 Å². The van der Waals surface area contributed by atoms with Gasteiger partial charge in [-0.3, -0.25) is 0 Å². The van der Waals surface area contributed by atoms with Crippen molar-refractivity contribution < 1.29 is 14.6 Å². The minimum Gasteiger partial charge on any atom is -0.490 e. The summed E-state index contributed by atoms with van der Waals surface area (Å²) in [6, 6.07) is 4.76. The second-order valence-corrected chi connectivity index (χ2v) is 5.37.